The third kappa shape index (κ3) is 10.1. The Labute approximate surface area is 223 Å². The van der Waals surface area contributed by atoms with Crippen LogP contribution in [-0.4, -0.2) is 86.0 Å². The van der Waals surface area contributed by atoms with Gasteiger partial charge < -0.3 is 20.4 Å². The third-order valence-corrected chi connectivity index (χ3v) is 6.85. The van der Waals surface area contributed by atoms with Gasteiger partial charge in [-0.05, 0) is 44.2 Å². The zero-order valence-corrected chi connectivity index (χ0v) is 22.0. The van der Waals surface area contributed by atoms with E-state index in [-0.39, 0.29) is 29.5 Å². The predicted molar refractivity (Wildman–Crippen MR) is 139 cm³/mol. The van der Waals surface area contributed by atoms with Gasteiger partial charge in [-0.15, -0.1) is 0 Å². The Bertz CT molecular complexity index is 1280. The molecule has 0 saturated carbocycles. The highest BCUT2D eigenvalue weighted by atomic mass is 32.2. The highest BCUT2D eigenvalue weighted by Crippen LogP contribution is 2.25. The molecule has 1 aliphatic rings. The molecule has 2 aromatic rings. The summed E-state index contributed by atoms with van der Waals surface area (Å²) in [5.74, 6) is -4.18. The van der Waals surface area contributed by atoms with Crippen LogP contribution in [0.4, 0.5) is 30.2 Å². The number of carbonyl (C=O) groups is 3. The second-order valence-electron chi connectivity index (χ2n) is 8.52. The molecule has 39 heavy (non-hydrogen) atoms. The summed E-state index contributed by atoms with van der Waals surface area (Å²) in [5, 5.41) is 19.5. The molecular formula is C24H29F3N4O7S. The zero-order valence-electron chi connectivity index (χ0n) is 21.2. The fraction of sp³-hybridized carbons (Fsp3) is 0.375. The normalized spacial score (nSPS) is 14.1. The number of carbonyl (C=O) groups excluding carboxylic acids is 1. The standard InChI is InChI=1S/C22H28N4O5S.C2HF3O2/c1-3-32(30,31)24-20-9-8-18(14-19(20)22(28)29)26-12-10-25(11-13-26)15-21(27)23-17-6-4-16(2)5-7-17;3-2(4,5)1(6)7/h4-9,14,24H,3,10-13,15H2,1-2H3,(H,23,27)(H,28,29);(H,6,7). The van der Waals surface area contributed by atoms with Crippen molar-refractivity contribution in [3.8, 4) is 0 Å². The van der Waals surface area contributed by atoms with E-state index in [1.54, 1.807) is 6.07 Å². The molecule has 0 radical (unpaired) electrons. The molecule has 1 fully saturated rings. The third-order valence-electron chi connectivity index (χ3n) is 5.56. The second kappa shape index (κ2) is 13.3. The van der Waals surface area contributed by atoms with Gasteiger partial charge in [0.05, 0.1) is 23.5 Å². The van der Waals surface area contributed by atoms with Gasteiger partial charge in [-0.25, -0.2) is 18.0 Å². The average molecular weight is 575 g/mol. The van der Waals surface area contributed by atoms with Crippen molar-refractivity contribution in [2.75, 3.05) is 53.4 Å². The number of alkyl halides is 3. The highest BCUT2D eigenvalue weighted by Gasteiger charge is 2.38. The molecule has 0 unspecified atom stereocenters. The maximum atomic E-state index is 12.3. The molecular weight excluding hydrogens is 545 g/mol. The summed E-state index contributed by atoms with van der Waals surface area (Å²) in [7, 11) is -3.58. The molecule has 11 nitrogen and oxygen atoms in total. The van der Waals surface area contributed by atoms with Crippen LogP contribution in [0.2, 0.25) is 0 Å². The first-order chi connectivity index (χ1) is 18.1. The summed E-state index contributed by atoms with van der Waals surface area (Å²) >= 11 is 0. The van der Waals surface area contributed by atoms with Crippen molar-refractivity contribution in [3.63, 3.8) is 0 Å². The van der Waals surface area contributed by atoms with Gasteiger partial charge in [-0.3, -0.25) is 14.4 Å². The Balaban J connectivity index is 0.000000673. The van der Waals surface area contributed by atoms with Crippen LogP contribution in [0.5, 0.6) is 0 Å². The van der Waals surface area contributed by atoms with Crippen LogP contribution < -0.4 is 14.9 Å². The largest absolute Gasteiger partial charge is 0.490 e. The van der Waals surface area contributed by atoms with Crippen LogP contribution in [-0.2, 0) is 19.6 Å². The van der Waals surface area contributed by atoms with E-state index in [0.29, 0.717) is 31.9 Å². The Kier molecular flexibility index (Phi) is 10.7. The predicted octanol–water partition coefficient (Wildman–Crippen LogP) is 2.85. The second-order valence-corrected chi connectivity index (χ2v) is 10.5. The van der Waals surface area contributed by atoms with Crippen molar-refractivity contribution in [2.24, 2.45) is 0 Å². The minimum Gasteiger partial charge on any atom is -0.478 e. The zero-order chi connectivity index (χ0) is 29.4. The minimum absolute atomic E-state index is 0.0505. The van der Waals surface area contributed by atoms with Gasteiger partial charge in [-0.2, -0.15) is 13.2 Å². The molecule has 0 aromatic heterocycles. The molecule has 1 amide bonds. The number of nitrogens with zero attached hydrogens (tertiary/aromatic N) is 2. The summed E-state index contributed by atoms with van der Waals surface area (Å²) in [4.78, 5) is 37.0. The van der Waals surface area contributed by atoms with E-state index < -0.39 is 28.1 Å². The van der Waals surface area contributed by atoms with E-state index in [0.717, 1.165) is 11.3 Å². The van der Waals surface area contributed by atoms with Crippen molar-refractivity contribution in [1.29, 1.82) is 0 Å². The molecule has 0 aliphatic carbocycles. The fourth-order valence-electron chi connectivity index (χ4n) is 3.44. The number of rotatable bonds is 8. The van der Waals surface area contributed by atoms with Gasteiger partial charge in [-0.1, -0.05) is 17.7 Å². The Morgan fingerprint density at radius 2 is 1.54 bits per heavy atom. The van der Waals surface area contributed by atoms with Crippen LogP contribution in [0, 0.1) is 6.92 Å². The molecule has 0 atom stereocenters. The lowest BCUT2D eigenvalue weighted by atomic mass is 10.1. The topological polar surface area (TPSA) is 156 Å². The van der Waals surface area contributed by atoms with E-state index in [1.807, 2.05) is 41.0 Å². The van der Waals surface area contributed by atoms with Crippen molar-refractivity contribution >= 4 is 44.9 Å². The average Bonchev–Trinajstić information content (AvgIpc) is 2.85. The maximum absolute atomic E-state index is 12.3. The number of benzene rings is 2. The van der Waals surface area contributed by atoms with E-state index in [4.69, 9.17) is 9.90 Å². The number of aromatic carboxylic acids is 1. The summed E-state index contributed by atoms with van der Waals surface area (Å²) in [6.45, 7) is 6.29. The quantitative estimate of drug-likeness (QED) is 0.372. The number of hydrogen-bond donors (Lipinski definition) is 4. The molecule has 15 heteroatoms. The molecule has 214 valence electrons. The monoisotopic (exact) mass is 574 g/mol. The van der Waals surface area contributed by atoms with E-state index in [9.17, 15) is 36.3 Å². The summed E-state index contributed by atoms with van der Waals surface area (Å²) in [6.07, 6.45) is -5.08. The fourth-order valence-corrected chi connectivity index (χ4v) is 4.10. The number of nitrogens with one attached hydrogen (secondary N) is 2. The number of sulfonamides is 1. The van der Waals surface area contributed by atoms with E-state index in [2.05, 4.69) is 10.0 Å². The molecule has 0 spiro atoms. The first kappa shape index (κ1) is 31.4. The number of aliphatic carboxylic acids is 1. The molecule has 4 N–H and O–H groups in total. The van der Waals surface area contributed by atoms with Gasteiger partial charge >= 0.3 is 18.1 Å². The number of carboxylic acids is 2. The van der Waals surface area contributed by atoms with Crippen molar-refractivity contribution in [2.45, 2.75) is 20.0 Å². The molecule has 1 saturated heterocycles. The molecule has 1 aliphatic heterocycles. The number of aryl methyl sites for hydroxylation is 1. The summed E-state index contributed by atoms with van der Waals surface area (Å²) < 4.78 is 57.7. The van der Waals surface area contributed by atoms with Gasteiger partial charge in [0, 0.05) is 37.6 Å². The molecule has 3 rings (SSSR count). The SMILES string of the molecule is CCS(=O)(=O)Nc1ccc(N2CCN(CC(=O)Nc3ccc(C)cc3)CC2)cc1C(=O)O.O=C(O)C(F)(F)F. The van der Waals surface area contributed by atoms with Gasteiger partial charge in [0.2, 0.25) is 15.9 Å². The number of hydrogen-bond acceptors (Lipinski definition) is 7. The number of anilines is 3. The van der Waals surface area contributed by atoms with Crippen LogP contribution in [0.25, 0.3) is 0 Å². The highest BCUT2D eigenvalue weighted by molar-refractivity contribution is 7.92. The van der Waals surface area contributed by atoms with Crippen LogP contribution in [0.15, 0.2) is 42.5 Å². The first-order valence-corrected chi connectivity index (χ1v) is 13.3. The Morgan fingerprint density at radius 1 is 0.974 bits per heavy atom. The lowest BCUT2D eigenvalue weighted by molar-refractivity contribution is -0.192. The maximum Gasteiger partial charge on any atom is 0.490 e. The summed E-state index contributed by atoms with van der Waals surface area (Å²) in [5.41, 5.74) is 2.54. The lowest BCUT2D eigenvalue weighted by Crippen LogP contribution is -2.48. The number of amides is 1. The number of carboxylic acid groups (broad SMARTS) is 2. The minimum atomic E-state index is -5.08. The van der Waals surface area contributed by atoms with Crippen LogP contribution >= 0.6 is 0 Å². The van der Waals surface area contributed by atoms with Crippen molar-refractivity contribution in [3.05, 3.63) is 53.6 Å². The molecule has 0 bridgehead atoms. The van der Waals surface area contributed by atoms with Crippen molar-refractivity contribution < 1.29 is 46.2 Å². The molecule has 2 aromatic carbocycles. The first-order valence-electron chi connectivity index (χ1n) is 11.6. The van der Waals surface area contributed by atoms with Crippen LogP contribution in [0.1, 0.15) is 22.8 Å². The van der Waals surface area contributed by atoms with Crippen LogP contribution in [0.3, 0.4) is 0 Å². The lowest BCUT2D eigenvalue weighted by Gasteiger charge is -2.36. The smallest absolute Gasteiger partial charge is 0.478 e. The van der Waals surface area contributed by atoms with Gasteiger partial charge in [0.25, 0.3) is 0 Å². The molecule has 1 heterocycles. The van der Waals surface area contributed by atoms with E-state index >= 15 is 0 Å². The number of piperazine rings is 1. The van der Waals surface area contributed by atoms with Crippen molar-refractivity contribution in [1.82, 2.24) is 4.90 Å². The Morgan fingerprint density at radius 3 is 2.03 bits per heavy atom. The Hall–Kier alpha value is -3.85. The number of halogens is 3. The van der Waals surface area contributed by atoms with E-state index in [1.165, 1.54) is 19.1 Å². The van der Waals surface area contributed by atoms with Gasteiger partial charge in [0.1, 0.15) is 0 Å². The van der Waals surface area contributed by atoms with Gasteiger partial charge in [0.15, 0.2) is 0 Å². The summed E-state index contributed by atoms with van der Waals surface area (Å²) in [6, 6.07) is 12.3.